The normalized spacial score (nSPS) is 14.6. The van der Waals surface area contributed by atoms with E-state index in [1.165, 1.54) is 34.0 Å². The van der Waals surface area contributed by atoms with Gasteiger partial charge in [-0.05, 0) is 146 Å². The zero-order valence-electron chi connectivity index (χ0n) is 50.4. The van der Waals surface area contributed by atoms with E-state index < -0.39 is 28.9 Å². The third kappa shape index (κ3) is 18.7. The van der Waals surface area contributed by atoms with E-state index in [2.05, 4.69) is 36.0 Å². The first-order valence-electron chi connectivity index (χ1n) is 28.4. The van der Waals surface area contributed by atoms with Crippen LogP contribution in [0.15, 0.2) is 119 Å². The van der Waals surface area contributed by atoms with Crippen LogP contribution in [-0.4, -0.2) is 146 Å². The number of aromatic carboxylic acids is 1. The topological polar surface area (TPSA) is 267 Å². The molecule has 464 valence electrons. The monoisotopic (exact) mass is 1250 g/mol. The molecule has 0 unspecified atom stereocenters. The lowest BCUT2D eigenvalue weighted by atomic mass is 10.1. The lowest BCUT2D eigenvalue weighted by Crippen LogP contribution is -2.49. The van der Waals surface area contributed by atoms with Crippen LogP contribution in [0.3, 0.4) is 0 Å². The number of nitrogens with one attached hydrogen (secondary N) is 4. The molecule has 8 heterocycles. The number of carboxylic acid groups (broad SMARTS) is 1. The molecule has 25 heteroatoms. The van der Waals surface area contributed by atoms with Crippen LogP contribution in [0.1, 0.15) is 91.3 Å². The van der Waals surface area contributed by atoms with Crippen LogP contribution in [0.25, 0.3) is 22.3 Å². The number of piperazine rings is 3. The quantitative estimate of drug-likeness (QED) is 0.0519. The zero-order valence-corrected chi connectivity index (χ0v) is 52.8. The molecule has 0 spiro atoms. The molecule has 0 aliphatic carbocycles. The molecule has 10 rings (SSSR count). The summed E-state index contributed by atoms with van der Waals surface area (Å²) < 4.78 is 26.5. The second kappa shape index (κ2) is 28.3. The number of hydrogen-bond acceptors (Lipinski definition) is 19. The van der Waals surface area contributed by atoms with Crippen LogP contribution in [0.5, 0.6) is 0 Å². The summed E-state index contributed by atoms with van der Waals surface area (Å²) in [7, 11) is 0. The average Bonchev–Trinajstić information content (AvgIpc) is 3.34. The first-order chi connectivity index (χ1) is 41.2. The molecule has 5 amide bonds. The van der Waals surface area contributed by atoms with E-state index in [1.54, 1.807) is 86.0 Å². The van der Waals surface area contributed by atoms with Gasteiger partial charge < -0.3 is 74.3 Å². The number of carbonyl (C=O) groups is 6. The van der Waals surface area contributed by atoms with Crippen molar-refractivity contribution >= 4 is 108 Å². The highest BCUT2D eigenvalue weighted by Gasteiger charge is 2.29. The number of anilines is 7. The summed E-state index contributed by atoms with van der Waals surface area (Å²) in [5.41, 5.74) is 9.85. The summed E-state index contributed by atoms with van der Waals surface area (Å²) in [5.74, 6) is -1.36. The Hall–Kier alpha value is -8.52. The number of nitrogens with two attached hydrogens (primary N) is 1. The fourth-order valence-electron chi connectivity index (χ4n) is 9.03. The number of thiophene rings is 3. The van der Waals surface area contributed by atoms with Crippen LogP contribution in [0, 0.1) is 0 Å². The Balaban J connectivity index is 0.000000180. The van der Waals surface area contributed by atoms with Crippen LogP contribution in [-0.2, 0) is 14.2 Å². The Morgan fingerprint density at radius 3 is 1.32 bits per heavy atom. The maximum Gasteiger partial charge on any atom is 0.412 e. The summed E-state index contributed by atoms with van der Waals surface area (Å²) in [6.07, 6.45) is 5.23. The number of carboxylic acids is 1. The van der Waals surface area contributed by atoms with Crippen molar-refractivity contribution in [3.05, 3.63) is 125 Å². The third-order valence-electron chi connectivity index (χ3n) is 13.3. The number of amides is 5. The smallest absolute Gasteiger partial charge is 0.412 e. The molecule has 3 aliphatic heterocycles. The Morgan fingerprint density at radius 1 is 0.483 bits per heavy atom. The van der Waals surface area contributed by atoms with Crippen LogP contribution in [0.2, 0.25) is 0 Å². The van der Waals surface area contributed by atoms with Gasteiger partial charge in [0.15, 0.2) is 0 Å². The van der Waals surface area contributed by atoms with Crippen molar-refractivity contribution in [2.24, 2.45) is 0 Å². The van der Waals surface area contributed by atoms with E-state index in [-0.39, 0.29) is 24.0 Å². The average molecular weight is 1250 g/mol. The van der Waals surface area contributed by atoms with Crippen LogP contribution < -0.4 is 41.7 Å². The van der Waals surface area contributed by atoms with E-state index in [0.29, 0.717) is 89.7 Å². The van der Waals surface area contributed by atoms with Gasteiger partial charge >= 0.3 is 24.2 Å². The molecule has 2 aromatic carbocycles. The first kappa shape index (κ1) is 64.5. The predicted molar refractivity (Wildman–Crippen MR) is 344 cm³/mol. The summed E-state index contributed by atoms with van der Waals surface area (Å²) in [5, 5.41) is 23.9. The molecule has 22 nitrogen and oxygen atoms in total. The minimum atomic E-state index is -0.904. The molecule has 7 aromatic rings. The van der Waals surface area contributed by atoms with Crippen molar-refractivity contribution < 1.29 is 56.9 Å². The Bertz CT molecular complexity index is 3460. The van der Waals surface area contributed by atoms with Gasteiger partial charge in [0, 0.05) is 89.7 Å². The van der Waals surface area contributed by atoms with Gasteiger partial charge in [-0.25, -0.2) is 19.2 Å². The summed E-state index contributed by atoms with van der Waals surface area (Å²) >= 11 is 4.13. The Labute approximate surface area is 518 Å². The first-order valence-corrected chi connectivity index (χ1v) is 30.8. The van der Waals surface area contributed by atoms with Gasteiger partial charge in [-0.1, -0.05) is 12.1 Å². The van der Waals surface area contributed by atoms with Crippen molar-refractivity contribution in [2.45, 2.75) is 79.1 Å². The zero-order chi connectivity index (χ0) is 62.6. The fraction of sp³-hybridized carbons (Fsp3) is 0.387. The predicted octanol–water partition coefficient (Wildman–Crippen LogP) is 12.4. The molecule has 0 saturated carbocycles. The number of nitrogens with zero attached hydrogens (tertiary/aromatic N) is 5. The van der Waals surface area contributed by atoms with Crippen molar-refractivity contribution in [2.75, 3.05) is 115 Å². The molecule has 0 radical (unpaired) electrons. The van der Waals surface area contributed by atoms with E-state index >= 15 is 0 Å². The highest BCUT2D eigenvalue weighted by Crippen LogP contribution is 2.35. The largest absolute Gasteiger partial charge is 0.477 e. The standard InChI is InChI=1S/C29H36N4O6S.C19H20N4O2S.C14H20N2O4S/c1-28(2,3)38-26(35)31-21-8-7-19(20-11-16-37-18-20)17-22(21)30-25(34)23-9-10-24(40-23)32-12-14-33(15-13-32)27(36)39-29(4,5)6;20-15-2-1-13(14-5-10-25-12-14)11-16(15)22-19(24)17-3-4-18(26-17)23-8-6-21-7-9-23;1-14(2,3)20-13(19)16-8-6-15(7-9-16)11-5-4-10(21-11)12(17)18/h7-11,16-18H,12-15H2,1-6H3,(H,30,34)(H,31,35);1-5,10-12,21H,6-9,20H2,(H,22,24);4-5H,6-9H2,1-3H3,(H,17,18). The van der Waals surface area contributed by atoms with E-state index in [9.17, 15) is 28.8 Å². The Kier molecular flexibility index (Phi) is 21.0. The third-order valence-corrected chi connectivity index (χ3v) is 16.7. The molecule has 7 N–H and O–H groups in total. The molecule has 0 atom stereocenters. The molecule has 3 saturated heterocycles. The van der Waals surface area contributed by atoms with E-state index in [1.807, 2.05) is 96.1 Å². The van der Waals surface area contributed by atoms with Crippen molar-refractivity contribution in [1.29, 1.82) is 0 Å². The fourth-order valence-corrected chi connectivity index (χ4v) is 11.8. The number of benzene rings is 2. The van der Waals surface area contributed by atoms with Gasteiger partial charge in [0.1, 0.15) is 21.7 Å². The second-order valence-corrected chi connectivity index (χ2v) is 26.7. The highest BCUT2D eigenvalue weighted by molar-refractivity contribution is 7.18. The molecular formula is C62H76N10O12S3. The van der Waals surface area contributed by atoms with Gasteiger partial charge in [-0.2, -0.15) is 0 Å². The summed E-state index contributed by atoms with van der Waals surface area (Å²) in [4.78, 5) is 85.1. The van der Waals surface area contributed by atoms with Crippen molar-refractivity contribution in [3.63, 3.8) is 0 Å². The number of ether oxygens (including phenoxy) is 3. The van der Waals surface area contributed by atoms with E-state index in [0.717, 1.165) is 63.4 Å². The number of rotatable bonds is 11. The Morgan fingerprint density at radius 2 is 0.897 bits per heavy atom. The maximum absolute atomic E-state index is 13.3. The van der Waals surface area contributed by atoms with Crippen molar-refractivity contribution in [1.82, 2.24) is 15.1 Å². The maximum atomic E-state index is 13.3. The number of furan rings is 2. The van der Waals surface area contributed by atoms with Gasteiger partial charge in [0.05, 0.1) is 72.6 Å². The summed E-state index contributed by atoms with van der Waals surface area (Å²) in [6, 6.07) is 25.6. The van der Waals surface area contributed by atoms with Crippen LogP contribution >= 0.6 is 34.0 Å². The minimum absolute atomic E-state index is 0.146. The van der Waals surface area contributed by atoms with E-state index in [4.69, 9.17) is 33.9 Å². The van der Waals surface area contributed by atoms with Gasteiger partial charge in [-0.3, -0.25) is 14.9 Å². The van der Waals surface area contributed by atoms with Gasteiger partial charge in [0.2, 0.25) is 0 Å². The molecule has 0 bridgehead atoms. The molecular weight excluding hydrogens is 1170 g/mol. The number of hydrogen-bond donors (Lipinski definition) is 6. The molecule has 5 aromatic heterocycles. The summed E-state index contributed by atoms with van der Waals surface area (Å²) in [6.45, 7) is 25.2. The lowest BCUT2D eigenvalue weighted by molar-refractivity contribution is 0.0230. The minimum Gasteiger partial charge on any atom is -0.477 e. The number of nitrogen functional groups attached to an aromatic ring is 1. The van der Waals surface area contributed by atoms with Gasteiger partial charge in [0.25, 0.3) is 11.8 Å². The van der Waals surface area contributed by atoms with Crippen LogP contribution in [0.4, 0.5) is 52.1 Å². The lowest BCUT2D eigenvalue weighted by Gasteiger charge is -2.36. The SMILES string of the molecule is CC(C)(C)OC(=O)N1CCN(c2ccc(C(=O)O)s2)CC1.CC(C)(C)OC(=O)Nc1ccc(-c2ccoc2)cc1NC(=O)c1ccc(N2CCN(C(=O)OC(C)(C)C)CC2)s1.Nc1ccc(-c2ccoc2)cc1NC(=O)c1ccc(N2CCNCC2)s1. The molecule has 3 fully saturated rings. The number of carbonyl (C=O) groups excluding carboxylic acids is 5. The van der Waals surface area contributed by atoms with Gasteiger partial charge in [-0.15, -0.1) is 34.0 Å². The molecule has 87 heavy (non-hydrogen) atoms. The second-order valence-electron chi connectivity index (χ2n) is 23.5. The van der Waals surface area contributed by atoms with Crippen molar-refractivity contribution in [3.8, 4) is 22.3 Å². The molecule has 3 aliphatic rings. The highest BCUT2D eigenvalue weighted by atomic mass is 32.1.